The number of amides is 2. The Kier molecular flexibility index (Phi) is 4.20. The molecule has 0 spiro atoms. The molecule has 3 heterocycles. The molecule has 0 aliphatic carbocycles. The molecule has 3 aromatic rings. The van der Waals surface area contributed by atoms with Crippen molar-refractivity contribution in [3.05, 3.63) is 47.8 Å². The highest BCUT2D eigenvalue weighted by molar-refractivity contribution is 5.92. The van der Waals surface area contributed by atoms with E-state index in [0.29, 0.717) is 13.0 Å². The van der Waals surface area contributed by atoms with Crippen LogP contribution in [0.25, 0.3) is 10.9 Å². The summed E-state index contributed by atoms with van der Waals surface area (Å²) in [4.78, 5) is 16.7. The summed E-state index contributed by atoms with van der Waals surface area (Å²) in [6.07, 6.45) is 4.68. The Hall–Kier alpha value is -3.09. The van der Waals surface area contributed by atoms with E-state index < -0.39 is 0 Å². The molecule has 7 nitrogen and oxygen atoms in total. The molecular weight excluding hydrogens is 316 g/mol. The van der Waals surface area contributed by atoms with E-state index in [-0.39, 0.29) is 6.03 Å². The fourth-order valence-electron chi connectivity index (χ4n) is 3.00. The monoisotopic (exact) mass is 336 g/mol. The molecule has 0 fully saturated rings. The Labute approximate surface area is 145 Å². The molecule has 0 saturated heterocycles. The van der Waals surface area contributed by atoms with E-state index in [1.165, 1.54) is 5.56 Å². The lowest BCUT2D eigenvalue weighted by Crippen LogP contribution is -2.30. The van der Waals surface area contributed by atoms with Gasteiger partial charge in [-0.15, -0.1) is 0 Å². The van der Waals surface area contributed by atoms with Gasteiger partial charge < -0.3 is 16.0 Å². The molecule has 1 aromatic carbocycles. The molecule has 0 atom stereocenters. The lowest BCUT2D eigenvalue weighted by atomic mass is 10.1. The first-order chi connectivity index (χ1) is 12.3. The number of hydrogen-bond acceptors (Lipinski definition) is 4. The van der Waals surface area contributed by atoms with Gasteiger partial charge in [-0.1, -0.05) is 6.07 Å². The van der Waals surface area contributed by atoms with Crippen LogP contribution in [0, 0.1) is 0 Å². The van der Waals surface area contributed by atoms with Crippen molar-refractivity contribution in [2.75, 3.05) is 23.7 Å². The highest BCUT2D eigenvalue weighted by atomic mass is 16.2. The molecule has 1 aliphatic heterocycles. The normalized spacial score (nSPS) is 13.1. The van der Waals surface area contributed by atoms with Gasteiger partial charge in [0.05, 0.1) is 11.7 Å². The lowest BCUT2D eigenvalue weighted by Gasteiger charge is -2.17. The molecule has 25 heavy (non-hydrogen) atoms. The molecule has 0 unspecified atom stereocenters. The average molecular weight is 336 g/mol. The van der Waals surface area contributed by atoms with Crippen molar-refractivity contribution in [1.82, 2.24) is 20.5 Å². The number of rotatable bonds is 4. The average Bonchev–Trinajstić information content (AvgIpc) is 3.09. The molecule has 4 N–H and O–H groups in total. The van der Waals surface area contributed by atoms with Crippen LogP contribution in [0.5, 0.6) is 0 Å². The van der Waals surface area contributed by atoms with Crippen molar-refractivity contribution in [3.63, 3.8) is 0 Å². The number of benzene rings is 1. The van der Waals surface area contributed by atoms with E-state index >= 15 is 0 Å². The molecule has 2 aromatic heterocycles. The van der Waals surface area contributed by atoms with E-state index in [1.807, 2.05) is 24.3 Å². The number of carbonyl (C=O) groups excluding carboxylic acids is 1. The maximum absolute atomic E-state index is 12.0. The van der Waals surface area contributed by atoms with Crippen LogP contribution in [0.3, 0.4) is 0 Å². The van der Waals surface area contributed by atoms with E-state index in [1.54, 1.807) is 6.20 Å². The zero-order valence-electron chi connectivity index (χ0n) is 13.8. The number of fused-ring (bicyclic) bond motifs is 2. The number of nitrogens with zero attached hydrogens (tertiary/aromatic N) is 2. The van der Waals surface area contributed by atoms with Gasteiger partial charge in [0, 0.05) is 36.3 Å². The Balaban J connectivity index is 1.30. The first-order valence-corrected chi connectivity index (χ1v) is 8.48. The number of anilines is 2. The zero-order valence-corrected chi connectivity index (χ0v) is 13.8. The second kappa shape index (κ2) is 6.80. The SMILES string of the molecule is O=C(NCCc1ccc2c(n1)NCCC2)Nc1ccc2cn[nH]c2c1. The summed E-state index contributed by atoms with van der Waals surface area (Å²) in [6, 6.07) is 9.57. The minimum Gasteiger partial charge on any atom is -0.370 e. The highest BCUT2D eigenvalue weighted by Gasteiger charge is 2.10. The molecule has 1 aliphatic rings. The van der Waals surface area contributed by atoms with Crippen LogP contribution in [0.15, 0.2) is 36.5 Å². The van der Waals surface area contributed by atoms with Gasteiger partial charge in [-0.2, -0.15) is 5.10 Å². The molecule has 0 radical (unpaired) electrons. The Morgan fingerprint density at radius 3 is 3.16 bits per heavy atom. The Morgan fingerprint density at radius 1 is 1.24 bits per heavy atom. The summed E-state index contributed by atoms with van der Waals surface area (Å²) in [5.74, 6) is 0.987. The third kappa shape index (κ3) is 3.55. The summed E-state index contributed by atoms with van der Waals surface area (Å²) in [6.45, 7) is 1.51. The van der Waals surface area contributed by atoms with Gasteiger partial charge in [-0.05, 0) is 42.7 Å². The number of aromatic amines is 1. The van der Waals surface area contributed by atoms with E-state index in [9.17, 15) is 4.79 Å². The zero-order chi connectivity index (χ0) is 17.1. The molecule has 7 heteroatoms. The van der Waals surface area contributed by atoms with Gasteiger partial charge >= 0.3 is 6.03 Å². The van der Waals surface area contributed by atoms with Gasteiger partial charge in [0.1, 0.15) is 5.82 Å². The standard InChI is InChI=1S/C18H20N6O/c25-18(23-15-6-4-13-11-21-24-16(13)10-15)20-9-7-14-5-3-12-2-1-8-19-17(12)22-14/h3-6,10-11H,1-2,7-9H2,(H,19,22)(H,21,24)(H2,20,23,25). The van der Waals surface area contributed by atoms with Gasteiger partial charge in [0.15, 0.2) is 0 Å². The summed E-state index contributed by atoms with van der Waals surface area (Å²) in [5.41, 5.74) is 3.87. The van der Waals surface area contributed by atoms with E-state index in [4.69, 9.17) is 0 Å². The lowest BCUT2D eigenvalue weighted by molar-refractivity contribution is 0.252. The molecule has 0 bridgehead atoms. The number of aromatic nitrogens is 3. The number of urea groups is 1. The van der Waals surface area contributed by atoms with Crippen molar-refractivity contribution in [2.45, 2.75) is 19.3 Å². The number of aryl methyl sites for hydroxylation is 1. The second-order valence-electron chi connectivity index (χ2n) is 6.14. The van der Waals surface area contributed by atoms with Crippen molar-refractivity contribution in [3.8, 4) is 0 Å². The third-order valence-electron chi connectivity index (χ3n) is 4.32. The number of nitrogens with one attached hydrogen (secondary N) is 4. The summed E-state index contributed by atoms with van der Waals surface area (Å²) >= 11 is 0. The minimum atomic E-state index is -0.227. The van der Waals surface area contributed by atoms with Crippen LogP contribution < -0.4 is 16.0 Å². The number of pyridine rings is 1. The minimum absolute atomic E-state index is 0.227. The van der Waals surface area contributed by atoms with Crippen molar-refractivity contribution in [1.29, 1.82) is 0 Å². The summed E-state index contributed by atoms with van der Waals surface area (Å²) in [7, 11) is 0. The predicted octanol–water partition coefficient (Wildman–Crippen LogP) is 2.68. The van der Waals surface area contributed by atoms with Gasteiger partial charge in [0.2, 0.25) is 0 Å². The highest BCUT2D eigenvalue weighted by Crippen LogP contribution is 2.19. The van der Waals surface area contributed by atoms with E-state index in [0.717, 1.165) is 47.5 Å². The Bertz CT molecular complexity index is 903. The molecule has 0 saturated carbocycles. The van der Waals surface area contributed by atoms with Crippen molar-refractivity contribution in [2.24, 2.45) is 0 Å². The molecule has 128 valence electrons. The van der Waals surface area contributed by atoms with Gasteiger partial charge in [0.25, 0.3) is 0 Å². The Morgan fingerprint density at radius 2 is 2.20 bits per heavy atom. The molecular formula is C18H20N6O. The molecule has 2 amide bonds. The van der Waals surface area contributed by atoms with Crippen LogP contribution in [0.1, 0.15) is 17.7 Å². The smallest absolute Gasteiger partial charge is 0.319 e. The first-order valence-electron chi connectivity index (χ1n) is 8.48. The van der Waals surface area contributed by atoms with Crippen LogP contribution >= 0.6 is 0 Å². The number of carbonyl (C=O) groups is 1. The third-order valence-corrected chi connectivity index (χ3v) is 4.32. The fourth-order valence-corrected chi connectivity index (χ4v) is 3.00. The second-order valence-corrected chi connectivity index (χ2v) is 6.14. The predicted molar refractivity (Wildman–Crippen MR) is 97.9 cm³/mol. The van der Waals surface area contributed by atoms with Crippen LogP contribution in [-0.4, -0.2) is 34.3 Å². The number of hydrogen-bond donors (Lipinski definition) is 4. The maximum atomic E-state index is 12.0. The van der Waals surface area contributed by atoms with Gasteiger partial charge in [-0.3, -0.25) is 5.10 Å². The molecule has 4 rings (SSSR count). The van der Waals surface area contributed by atoms with Crippen LogP contribution in [0.4, 0.5) is 16.3 Å². The van der Waals surface area contributed by atoms with E-state index in [2.05, 4.69) is 37.2 Å². The quantitative estimate of drug-likeness (QED) is 0.589. The van der Waals surface area contributed by atoms with Crippen molar-refractivity contribution < 1.29 is 4.79 Å². The summed E-state index contributed by atoms with van der Waals surface area (Å²) in [5, 5.41) is 16.9. The number of H-pyrrole nitrogens is 1. The fraction of sp³-hybridized carbons (Fsp3) is 0.278. The summed E-state index contributed by atoms with van der Waals surface area (Å²) < 4.78 is 0. The maximum Gasteiger partial charge on any atom is 0.319 e. The van der Waals surface area contributed by atoms with Gasteiger partial charge in [-0.25, -0.2) is 9.78 Å². The first kappa shape index (κ1) is 15.4. The van der Waals surface area contributed by atoms with Crippen molar-refractivity contribution >= 4 is 28.4 Å². The van der Waals surface area contributed by atoms with Crippen LogP contribution in [-0.2, 0) is 12.8 Å². The largest absolute Gasteiger partial charge is 0.370 e. The van der Waals surface area contributed by atoms with Crippen LogP contribution in [0.2, 0.25) is 0 Å². The topological polar surface area (TPSA) is 94.7 Å².